The van der Waals surface area contributed by atoms with Gasteiger partial charge in [-0.2, -0.15) is 0 Å². The fourth-order valence-corrected chi connectivity index (χ4v) is 1.25. The Morgan fingerprint density at radius 3 is 1.95 bits per heavy atom. The lowest BCUT2D eigenvalue weighted by Crippen LogP contribution is -2.31. The number of rotatable bonds is 1. The number of carboxylic acid groups (broad SMARTS) is 1. The van der Waals surface area contributed by atoms with Crippen LogP contribution in [0.25, 0.3) is 0 Å². The molecule has 0 aromatic heterocycles. The molecule has 8 heteroatoms. The van der Waals surface area contributed by atoms with Crippen LogP contribution in [0.3, 0.4) is 0 Å². The minimum atomic E-state index is -1.66. The molecule has 0 radical (unpaired) electrons. The Morgan fingerprint density at radius 1 is 1.26 bits per heavy atom. The highest BCUT2D eigenvalue weighted by molar-refractivity contribution is 6.01. The van der Waals surface area contributed by atoms with E-state index in [4.69, 9.17) is 14.9 Å². The maximum absolute atomic E-state index is 10.6. The van der Waals surface area contributed by atoms with Crippen LogP contribution in [-0.4, -0.2) is 53.1 Å². The van der Waals surface area contributed by atoms with Gasteiger partial charge in [-0.15, -0.1) is 0 Å². The van der Waals surface area contributed by atoms with E-state index in [9.17, 15) is 14.4 Å². The Bertz CT molecular complexity index is 278. The fraction of sp³-hybridized carbons (Fsp3) is 0.727. The van der Waals surface area contributed by atoms with Crippen molar-refractivity contribution in [2.24, 2.45) is 0 Å². The summed E-state index contributed by atoms with van der Waals surface area (Å²) in [5.41, 5.74) is 0. The van der Waals surface area contributed by atoms with Crippen molar-refractivity contribution < 1.29 is 34.2 Å². The standard InChI is InChI=1S/C5H5NO5.C4H8O.C2H6O/c7-3-1-2-4(8)6(3)11-5(9)10;1-2-4-5-3-1;1-2-3/h1-2H2,(H,9,10);1-4H2;3H,2H2,1H3. The molecule has 2 rings (SSSR count). The summed E-state index contributed by atoms with van der Waals surface area (Å²) in [6, 6.07) is 0. The van der Waals surface area contributed by atoms with E-state index in [-0.39, 0.29) is 24.5 Å². The summed E-state index contributed by atoms with van der Waals surface area (Å²) < 4.78 is 4.94. The molecule has 0 bridgehead atoms. The number of hydrogen-bond acceptors (Lipinski definition) is 6. The van der Waals surface area contributed by atoms with Crippen molar-refractivity contribution in [2.45, 2.75) is 32.6 Å². The molecular weight excluding hydrogens is 258 g/mol. The van der Waals surface area contributed by atoms with E-state index in [1.165, 1.54) is 12.8 Å². The van der Waals surface area contributed by atoms with E-state index in [0.717, 1.165) is 13.2 Å². The highest BCUT2D eigenvalue weighted by Gasteiger charge is 2.32. The highest BCUT2D eigenvalue weighted by atomic mass is 16.8. The van der Waals surface area contributed by atoms with Crippen LogP contribution in [0, 0.1) is 0 Å². The summed E-state index contributed by atoms with van der Waals surface area (Å²) in [6.45, 7) is 3.93. The van der Waals surface area contributed by atoms with Gasteiger partial charge in [-0.05, 0) is 19.8 Å². The first-order valence-electron chi connectivity index (χ1n) is 5.98. The molecule has 0 aliphatic carbocycles. The molecule has 0 aromatic carbocycles. The molecule has 110 valence electrons. The first-order valence-corrected chi connectivity index (χ1v) is 5.98. The first kappa shape index (κ1) is 17.3. The van der Waals surface area contributed by atoms with Crippen LogP contribution in [0.2, 0.25) is 0 Å². The first-order chi connectivity index (χ1) is 9.02. The van der Waals surface area contributed by atoms with Crippen molar-refractivity contribution in [2.75, 3.05) is 19.8 Å². The highest BCUT2D eigenvalue weighted by Crippen LogP contribution is 2.11. The molecule has 0 aromatic rings. The van der Waals surface area contributed by atoms with Crippen molar-refractivity contribution in [3.8, 4) is 0 Å². The lowest BCUT2D eigenvalue weighted by atomic mass is 10.4. The lowest BCUT2D eigenvalue weighted by Gasteiger charge is -2.08. The molecule has 0 atom stereocenters. The second-order valence-electron chi connectivity index (χ2n) is 3.57. The maximum atomic E-state index is 10.6. The van der Waals surface area contributed by atoms with Crippen molar-refractivity contribution in [3.63, 3.8) is 0 Å². The van der Waals surface area contributed by atoms with E-state index in [1.54, 1.807) is 6.92 Å². The van der Waals surface area contributed by atoms with Crippen molar-refractivity contribution in [3.05, 3.63) is 0 Å². The zero-order valence-corrected chi connectivity index (χ0v) is 10.8. The zero-order valence-electron chi connectivity index (χ0n) is 10.8. The number of hydrogen-bond donors (Lipinski definition) is 2. The van der Waals surface area contributed by atoms with Gasteiger partial charge in [-0.25, -0.2) is 4.79 Å². The van der Waals surface area contributed by atoms with Crippen molar-refractivity contribution in [1.29, 1.82) is 0 Å². The minimum Gasteiger partial charge on any atom is -0.448 e. The predicted molar refractivity (Wildman–Crippen MR) is 63.0 cm³/mol. The quantitative estimate of drug-likeness (QED) is 0.672. The summed E-state index contributed by atoms with van der Waals surface area (Å²) in [5, 5.41) is 15.9. The molecule has 2 amide bonds. The van der Waals surface area contributed by atoms with Gasteiger partial charge < -0.3 is 14.9 Å². The zero-order chi connectivity index (χ0) is 14.7. The minimum absolute atomic E-state index is 0.0200. The molecule has 0 saturated carbocycles. The van der Waals surface area contributed by atoms with E-state index >= 15 is 0 Å². The van der Waals surface area contributed by atoms with Gasteiger partial charge in [0.25, 0.3) is 11.8 Å². The molecule has 0 unspecified atom stereocenters. The van der Waals surface area contributed by atoms with Crippen LogP contribution in [0.15, 0.2) is 0 Å². The van der Waals surface area contributed by atoms with Crippen molar-refractivity contribution in [1.82, 2.24) is 5.06 Å². The number of ether oxygens (including phenoxy) is 1. The number of carbonyl (C=O) groups excluding carboxylic acids is 2. The monoisotopic (exact) mass is 277 g/mol. The Hall–Kier alpha value is -1.67. The van der Waals surface area contributed by atoms with Gasteiger partial charge in [0.1, 0.15) is 0 Å². The predicted octanol–water partition coefficient (Wildman–Crippen LogP) is 0.540. The van der Waals surface area contributed by atoms with E-state index in [0.29, 0.717) is 0 Å². The van der Waals surface area contributed by atoms with Gasteiger partial charge in [-0.1, -0.05) is 5.06 Å². The van der Waals surface area contributed by atoms with Crippen LogP contribution in [0.5, 0.6) is 0 Å². The molecule has 0 spiro atoms. The van der Waals surface area contributed by atoms with E-state index < -0.39 is 18.0 Å². The van der Waals surface area contributed by atoms with Gasteiger partial charge in [0.2, 0.25) is 0 Å². The van der Waals surface area contributed by atoms with Crippen LogP contribution in [0.1, 0.15) is 32.6 Å². The van der Waals surface area contributed by atoms with Gasteiger partial charge in [0, 0.05) is 32.7 Å². The number of nitrogens with zero attached hydrogens (tertiary/aromatic N) is 1. The summed E-state index contributed by atoms with van der Waals surface area (Å²) in [4.78, 5) is 35.0. The van der Waals surface area contributed by atoms with Crippen molar-refractivity contribution >= 4 is 18.0 Å². The van der Waals surface area contributed by atoms with Crippen LogP contribution in [0.4, 0.5) is 4.79 Å². The van der Waals surface area contributed by atoms with Gasteiger partial charge >= 0.3 is 6.16 Å². The summed E-state index contributed by atoms with van der Waals surface area (Å²) >= 11 is 0. The molecular formula is C11H19NO7. The average Bonchev–Trinajstić information content (AvgIpc) is 2.99. The fourth-order valence-electron chi connectivity index (χ4n) is 1.25. The van der Waals surface area contributed by atoms with Crippen LogP contribution in [-0.2, 0) is 19.2 Å². The number of aliphatic hydroxyl groups is 1. The number of imide groups is 1. The molecule has 2 aliphatic heterocycles. The lowest BCUT2D eigenvalue weighted by molar-refractivity contribution is -0.175. The van der Waals surface area contributed by atoms with E-state index in [1.807, 2.05) is 0 Å². The third kappa shape index (κ3) is 8.11. The largest absolute Gasteiger partial charge is 0.531 e. The Labute approximate surface area is 110 Å². The molecule has 2 fully saturated rings. The smallest absolute Gasteiger partial charge is 0.448 e. The number of hydroxylamine groups is 2. The number of aliphatic hydroxyl groups excluding tert-OH is 1. The third-order valence-electron chi connectivity index (χ3n) is 2.00. The second kappa shape index (κ2) is 10.3. The Balaban J connectivity index is 0.000000334. The maximum Gasteiger partial charge on any atom is 0.531 e. The second-order valence-corrected chi connectivity index (χ2v) is 3.57. The Kier molecular flexibility index (Phi) is 9.37. The van der Waals surface area contributed by atoms with Gasteiger partial charge in [-0.3, -0.25) is 14.4 Å². The third-order valence-corrected chi connectivity index (χ3v) is 2.00. The van der Waals surface area contributed by atoms with E-state index in [2.05, 4.69) is 4.84 Å². The number of amides is 2. The molecule has 2 heterocycles. The topological polar surface area (TPSA) is 113 Å². The molecule has 19 heavy (non-hydrogen) atoms. The molecule has 2 aliphatic rings. The van der Waals surface area contributed by atoms with Gasteiger partial charge in [0.15, 0.2) is 0 Å². The normalized spacial score (nSPS) is 17.3. The molecule has 2 N–H and O–H groups in total. The molecule has 8 nitrogen and oxygen atoms in total. The summed E-state index contributed by atoms with van der Waals surface area (Å²) in [5.74, 6) is -1.23. The molecule has 2 saturated heterocycles. The van der Waals surface area contributed by atoms with Crippen LogP contribution < -0.4 is 0 Å². The van der Waals surface area contributed by atoms with Crippen LogP contribution >= 0.6 is 0 Å². The average molecular weight is 277 g/mol. The SMILES string of the molecule is C1CCOC1.CCO.O=C(O)ON1C(=O)CCC1=O. The number of carbonyl (C=O) groups is 3. The van der Waals surface area contributed by atoms with Gasteiger partial charge in [0.05, 0.1) is 0 Å². The summed E-state index contributed by atoms with van der Waals surface area (Å²) in [6.07, 6.45) is 0.937. The summed E-state index contributed by atoms with van der Waals surface area (Å²) in [7, 11) is 0. The Morgan fingerprint density at radius 2 is 1.68 bits per heavy atom.